The van der Waals surface area contributed by atoms with Crippen molar-refractivity contribution < 1.29 is 28.8 Å². The van der Waals surface area contributed by atoms with Gasteiger partial charge in [-0.3, -0.25) is 0 Å². The fourth-order valence-corrected chi connectivity index (χ4v) is 4.91. The molecule has 0 bridgehead atoms. The van der Waals surface area contributed by atoms with Crippen molar-refractivity contribution in [1.82, 2.24) is 4.40 Å². The van der Waals surface area contributed by atoms with Gasteiger partial charge in [0.05, 0.1) is 26.8 Å². The van der Waals surface area contributed by atoms with Gasteiger partial charge in [-0.05, 0) is 47.3 Å². The largest absolute Gasteiger partial charge is 0.504 e. The van der Waals surface area contributed by atoms with Crippen LogP contribution in [0.3, 0.4) is 0 Å². The van der Waals surface area contributed by atoms with Crippen LogP contribution in [0.4, 0.5) is 0 Å². The second-order valence-electron chi connectivity index (χ2n) is 8.39. The molecule has 0 amide bonds. The van der Waals surface area contributed by atoms with Gasteiger partial charge in [0.25, 0.3) is 0 Å². The summed E-state index contributed by atoms with van der Waals surface area (Å²) in [5.41, 5.74) is 2.29. The molecule has 6 rings (SSSR count). The van der Waals surface area contributed by atoms with Gasteiger partial charge in [-0.25, -0.2) is 4.79 Å². The number of aromatic nitrogens is 1. The second-order valence-corrected chi connectivity index (χ2v) is 8.39. The molecule has 0 fully saturated rings. The van der Waals surface area contributed by atoms with Crippen LogP contribution >= 0.6 is 0 Å². The average Bonchev–Trinajstić information content (AvgIpc) is 3.24. The van der Waals surface area contributed by atoms with Gasteiger partial charge in [0, 0.05) is 34.0 Å². The third-order valence-electron chi connectivity index (χ3n) is 6.52. The second kappa shape index (κ2) is 7.84. The molecule has 8 heteroatoms. The Morgan fingerprint density at radius 3 is 2.25 bits per heavy atom. The van der Waals surface area contributed by atoms with Gasteiger partial charge in [-0.2, -0.15) is 0 Å². The Kier molecular flexibility index (Phi) is 4.72. The van der Waals surface area contributed by atoms with Crippen molar-refractivity contribution in [2.75, 3.05) is 21.3 Å². The lowest BCUT2D eigenvalue weighted by atomic mass is 9.98. The van der Waals surface area contributed by atoms with Gasteiger partial charge in [-0.15, -0.1) is 0 Å². The molecule has 0 aliphatic heterocycles. The zero-order chi connectivity index (χ0) is 25.1. The molecule has 0 radical (unpaired) electrons. The summed E-state index contributed by atoms with van der Waals surface area (Å²) < 4.78 is 23.7. The number of pyridine rings is 1. The van der Waals surface area contributed by atoms with E-state index in [0.29, 0.717) is 27.8 Å². The van der Waals surface area contributed by atoms with Crippen molar-refractivity contribution in [1.29, 1.82) is 0 Å². The molecule has 0 unspecified atom stereocenters. The Labute approximate surface area is 204 Å². The van der Waals surface area contributed by atoms with Gasteiger partial charge in [0.1, 0.15) is 16.8 Å². The van der Waals surface area contributed by atoms with E-state index in [0.717, 1.165) is 27.4 Å². The Hall–Kier alpha value is -4.85. The molecule has 8 nitrogen and oxygen atoms in total. The van der Waals surface area contributed by atoms with Crippen LogP contribution in [0.2, 0.25) is 0 Å². The number of hydrogen-bond acceptors (Lipinski definition) is 7. The van der Waals surface area contributed by atoms with E-state index in [4.69, 9.17) is 18.6 Å². The Balaban J connectivity index is 1.94. The summed E-state index contributed by atoms with van der Waals surface area (Å²) in [5, 5.41) is 23.5. The number of benzene rings is 3. The maximum absolute atomic E-state index is 13.4. The Bertz CT molecular complexity index is 1900. The quantitative estimate of drug-likeness (QED) is 0.321. The molecule has 3 heterocycles. The number of phenols is 2. The SMILES string of the molecule is COc1cccc(-c2c3c4cc(OC)c(O)cc4oc(=O)c3n3ccc4cc(O)c(OC)cc4c23)c1. The lowest BCUT2D eigenvalue weighted by molar-refractivity contribution is 0.373. The Morgan fingerprint density at radius 2 is 1.53 bits per heavy atom. The van der Waals surface area contributed by atoms with Gasteiger partial charge < -0.3 is 33.2 Å². The number of fused-ring (bicyclic) bond motifs is 7. The monoisotopic (exact) mass is 483 g/mol. The highest BCUT2D eigenvalue weighted by Crippen LogP contribution is 2.45. The molecule has 6 aromatic rings. The summed E-state index contributed by atoms with van der Waals surface area (Å²) in [5.74, 6) is 1.09. The van der Waals surface area contributed by atoms with Crippen LogP contribution in [0, 0.1) is 0 Å². The van der Waals surface area contributed by atoms with Crippen molar-refractivity contribution >= 4 is 38.2 Å². The fraction of sp³-hybridized carbons (Fsp3) is 0.107. The number of phenolic OH excluding ortho intramolecular Hbond substituents is 2. The molecule has 0 atom stereocenters. The topological polar surface area (TPSA) is 103 Å². The smallest absolute Gasteiger partial charge is 0.361 e. The molecule has 0 saturated carbocycles. The minimum atomic E-state index is -0.559. The molecule has 0 saturated heterocycles. The first-order chi connectivity index (χ1) is 17.4. The standard InChI is InChI=1S/C28H21NO7/c1-33-16-6-4-5-15(9-16)24-25-18-12-23(35-3)20(31)13-21(18)36-28(32)27(25)29-8-7-14-10-19(30)22(34-2)11-17(14)26(24)29/h4-13,30-31H,1-3H3. The molecule has 2 N–H and O–H groups in total. The van der Waals surface area contributed by atoms with E-state index in [1.54, 1.807) is 35.9 Å². The molecule has 3 aromatic heterocycles. The number of rotatable bonds is 4. The molecule has 0 spiro atoms. The van der Waals surface area contributed by atoms with E-state index in [9.17, 15) is 15.0 Å². The first-order valence-corrected chi connectivity index (χ1v) is 11.1. The Morgan fingerprint density at radius 1 is 0.806 bits per heavy atom. The maximum atomic E-state index is 13.4. The van der Waals surface area contributed by atoms with Crippen LogP contribution in [0.1, 0.15) is 0 Å². The van der Waals surface area contributed by atoms with Crippen LogP contribution in [0.15, 0.2) is 70.0 Å². The number of hydrogen-bond donors (Lipinski definition) is 2. The van der Waals surface area contributed by atoms with Crippen LogP contribution < -0.4 is 19.8 Å². The summed E-state index contributed by atoms with van der Waals surface area (Å²) in [4.78, 5) is 13.4. The molecular formula is C28H21NO7. The molecule has 180 valence electrons. The molecule has 3 aromatic carbocycles. The van der Waals surface area contributed by atoms with Crippen molar-refractivity contribution in [2.24, 2.45) is 0 Å². The number of methoxy groups -OCH3 is 3. The number of aromatic hydroxyl groups is 2. The summed E-state index contributed by atoms with van der Waals surface area (Å²) in [6.45, 7) is 0. The minimum absolute atomic E-state index is 0.0126. The lowest BCUT2D eigenvalue weighted by Gasteiger charge is -2.10. The minimum Gasteiger partial charge on any atom is -0.504 e. The van der Waals surface area contributed by atoms with E-state index in [-0.39, 0.29) is 22.8 Å². The van der Waals surface area contributed by atoms with Crippen LogP contribution in [0.5, 0.6) is 28.7 Å². The number of ether oxygens (including phenoxy) is 3. The van der Waals surface area contributed by atoms with E-state index in [1.807, 2.05) is 30.3 Å². The average molecular weight is 483 g/mol. The lowest BCUT2D eigenvalue weighted by Crippen LogP contribution is -2.02. The summed E-state index contributed by atoms with van der Waals surface area (Å²) >= 11 is 0. The summed E-state index contributed by atoms with van der Waals surface area (Å²) in [6, 6.07) is 15.8. The predicted molar refractivity (Wildman–Crippen MR) is 137 cm³/mol. The highest BCUT2D eigenvalue weighted by Gasteiger charge is 2.24. The summed E-state index contributed by atoms with van der Waals surface area (Å²) in [6.07, 6.45) is 1.77. The maximum Gasteiger partial charge on any atom is 0.361 e. The zero-order valence-electron chi connectivity index (χ0n) is 19.7. The first-order valence-electron chi connectivity index (χ1n) is 11.1. The van der Waals surface area contributed by atoms with Crippen LogP contribution in [-0.4, -0.2) is 35.9 Å². The zero-order valence-corrected chi connectivity index (χ0v) is 19.7. The van der Waals surface area contributed by atoms with Crippen LogP contribution in [-0.2, 0) is 0 Å². The summed E-state index contributed by atoms with van der Waals surface area (Å²) in [7, 11) is 4.54. The number of nitrogens with zero attached hydrogens (tertiary/aromatic N) is 1. The van der Waals surface area contributed by atoms with Crippen molar-refractivity contribution in [3.05, 3.63) is 71.2 Å². The third kappa shape index (κ3) is 2.97. The van der Waals surface area contributed by atoms with E-state index in [2.05, 4.69) is 0 Å². The van der Waals surface area contributed by atoms with Gasteiger partial charge in [0.2, 0.25) is 0 Å². The highest BCUT2D eigenvalue weighted by atomic mass is 16.5. The van der Waals surface area contributed by atoms with E-state index >= 15 is 0 Å². The molecular weight excluding hydrogens is 462 g/mol. The van der Waals surface area contributed by atoms with Crippen LogP contribution in [0.25, 0.3) is 49.3 Å². The van der Waals surface area contributed by atoms with Gasteiger partial charge >= 0.3 is 5.63 Å². The normalized spacial score (nSPS) is 11.5. The third-order valence-corrected chi connectivity index (χ3v) is 6.52. The van der Waals surface area contributed by atoms with Crippen molar-refractivity contribution in [2.45, 2.75) is 0 Å². The van der Waals surface area contributed by atoms with Crippen molar-refractivity contribution in [3.8, 4) is 39.9 Å². The first kappa shape index (κ1) is 21.7. The highest BCUT2D eigenvalue weighted by molar-refractivity contribution is 6.21. The fourth-order valence-electron chi connectivity index (χ4n) is 4.91. The molecule has 0 aliphatic rings. The van der Waals surface area contributed by atoms with E-state index < -0.39 is 5.63 Å². The van der Waals surface area contributed by atoms with E-state index in [1.165, 1.54) is 20.3 Å². The van der Waals surface area contributed by atoms with Gasteiger partial charge in [-0.1, -0.05) is 12.1 Å². The molecule has 36 heavy (non-hydrogen) atoms. The molecule has 0 aliphatic carbocycles. The van der Waals surface area contributed by atoms with Gasteiger partial charge in [0.15, 0.2) is 23.0 Å². The predicted octanol–water partition coefficient (Wildman–Crippen LogP) is 5.46. The van der Waals surface area contributed by atoms with Crippen molar-refractivity contribution in [3.63, 3.8) is 0 Å².